The SMILES string of the molecule is COCCN(C(=O)C1CCOC1)[C@@H]1C=C(C(=O)NCCO)[C@@H]2c3cc(CO)cc(OC)c3O[C@@H]2[C@H]1O. The van der Waals surface area contributed by atoms with Crippen LogP contribution in [0.3, 0.4) is 0 Å². The predicted octanol–water partition coefficient (Wildman–Crippen LogP) is -0.678. The number of hydrogen-bond acceptors (Lipinski definition) is 9. The van der Waals surface area contributed by atoms with Crippen molar-refractivity contribution in [2.75, 3.05) is 53.7 Å². The molecule has 36 heavy (non-hydrogen) atoms. The smallest absolute Gasteiger partial charge is 0.247 e. The number of hydrogen-bond donors (Lipinski definition) is 4. The van der Waals surface area contributed by atoms with Crippen LogP contribution in [0.4, 0.5) is 0 Å². The zero-order valence-electron chi connectivity index (χ0n) is 20.5. The molecule has 4 N–H and O–H groups in total. The van der Waals surface area contributed by atoms with Gasteiger partial charge in [0.15, 0.2) is 11.5 Å². The van der Waals surface area contributed by atoms with Crippen LogP contribution < -0.4 is 14.8 Å². The lowest BCUT2D eigenvalue weighted by Gasteiger charge is -2.41. The van der Waals surface area contributed by atoms with Crippen LogP contribution in [0.2, 0.25) is 0 Å². The Hall–Kier alpha value is -2.70. The van der Waals surface area contributed by atoms with Gasteiger partial charge in [0.05, 0.1) is 51.4 Å². The maximum absolute atomic E-state index is 13.5. The van der Waals surface area contributed by atoms with E-state index >= 15 is 0 Å². The topological polar surface area (TPSA) is 147 Å². The van der Waals surface area contributed by atoms with E-state index in [0.29, 0.717) is 47.8 Å². The lowest BCUT2D eigenvalue weighted by molar-refractivity contribution is -0.142. The Morgan fingerprint density at radius 2 is 2.06 bits per heavy atom. The first-order chi connectivity index (χ1) is 17.4. The van der Waals surface area contributed by atoms with Gasteiger partial charge in [-0.25, -0.2) is 0 Å². The van der Waals surface area contributed by atoms with E-state index in [1.807, 2.05) is 0 Å². The van der Waals surface area contributed by atoms with E-state index in [2.05, 4.69) is 5.32 Å². The van der Waals surface area contributed by atoms with Gasteiger partial charge >= 0.3 is 0 Å². The fourth-order valence-corrected chi connectivity index (χ4v) is 5.18. The Labute approximate surface area is 209 Å². The number of benzene rings is 1. The number of amides is 2. The molecule has 1 fully saturated rings. The quantitative estimate of drug-likeness (QED) is 0.324. The summed E-state index contributed by atoms with van der Waals surface area (Å²) >= 11 is 0. The van der Waals surface area contributed by atoms with Gasteiger partial charge in [0.1, 0.15) is 12.2 Å². The van der Waals surface area contributed by atoms with Gasteiger partial charge in [-0.1, -0.05) is 0 Å². The van der Waals surface area contributed by atoms with E-state index < -0.39 is 30.1 Å². The molecule has 1 aromatic rings. The summed E-state index contributed by atoms with van der Waals surface area (Å²) in [4.78, 5) is 28.3. The van der Waals surface area contributed by atoms with Crippen LogP contribution in [-0.2, 0) is 25.7 Å². The molecule has 0 aromatic heterocycles. The van der Waals surface area contributed by atoms with Crippen LogP contribution in [0, 0.1) is 5.92 Å². The largest absolute Gasteiger partial charge is 0.493 e. The molecule has 2 heterocycles. The van der Waals surface area contributed by atoms with E-state index in [1.54, 1.807) is 18.2 Å². The summed E-state index contributed by atoms with van der Waals surface area (Å²) in [7, 11) is 3.00. The van der Waals surface area contributed by atoms with Gasteiger partial charge in [-0.05, 0) is 30.2 Å². The van der Waals surface area contributed by atoms with Crippen LogP contribution in [0.15, 0.2) is 23.8 Å². The minimum Gasteiger partial charge on any atom is -0.493 e. The van der Waals surface area contributed by atoms with Crippen molar-refractivity contribution < 1.29 is 43.9 Å². The predicted molar refractivity (Wildman–Crippen MR) is 127 cm³/mol. The van der Waals surface area contributed by atoms with Crippen molar-refractivity contribution in [2.45, 2.75) is 37.2 Å². The van der Waals surface area contributed by atoms with Crippen molar-refractivity contribution in [3.05, 3.63) is 34.9 Å². The summed E-state index contributed by atoms with van der Waals surface area (Å²) in [6.07, 6.45) is 0.138. The highest BCUT2D eigenvalue weighted by atomic mass is 16.5. The fraction of sp³-hybridized carbons (Fsp3) is 0.600. The van der Waals surface area contributed by atoms with Crippen molar-refractivity contribution in [2.24, 2.45) is 5.92 Å². The Morgan fingerprint density at radius 3 is 2.69 bits per heavy atom. The highest BCUT2D eigenvalue weighted by molar-refractivity contribution is 5.96. The third-order valence-electron chi connectivity index (χ3n) is 6.95. The van der Waals surface area contributed by atoms with E-state index in [1.165, 1.54) is 19.1 Å². The highest BCUT2D eigenvalue weighted by Gasteiger charge is 2.51. The molecule has 11 nitrogen and oxygen atoms in total. The van der Waals surface area contributed by atoms with Gasteiger partial charge in [-0.15, -0.1) is 0 Å². The number of methoxy groups -OCH3 is 2. The Kier molecular flexibility index (Phi) is 8.47. The summed E-state index contributed by atoms with van der Waals surface area (Å²) in [5, 5.41) is 33.2. The van der Waals surface area contributed by atoms with E-state index in [9.17, 15) is 24.9 Å². The van der Waals surface area contributed by atoms with E-state index in [-0.39, 0.29) is 44.7 Å². The molecular formula is C25H34N2O9. The number of fused-ring (bicyclic) bond motifs is 3. The van der Waals surface area contributed by atoms with Gasteiger partial charge in [0.25, 0.3) is 0 Å². The number of carbonyl (C=O) groups excluding carboxylic acids is 2. The number of nitrogens with zero attached hydrogens (tertiary/aromatic N) is 1. The van der Waals surface area contributed by atoms with Gasteiger partial charge in [-0.3, -0.25) is 9.59 Å². The van der Waals surface area contributed by atoms with E-state index in [4.69, 9.17) is 18.9 Å². The molecule has 1 aromatic carbocycles. The van der Waals surface area contributed by atoms with Crippen molar-refractivity contribution in [3.8, 4) is 11.5 Å². The number of carbonyl (C=O) groups is 2. The third kappa shape index (κ3) is 4.94. The lowest BCUT2D eigenvalue weighted by Crippen LogP contribution is -2.57. The highest BCUT2D eigenvalue weighted by Crippen LogP contribution is 2.51. The Balaban J connectivity index is 1.78. The first kappa shape index (κ1) is 26.4. The molecule has 0 radical (unpaired) electrons. The summed E-state index contributed by atoms with van der Waals surface area (Å²) in [5.74, 6) is -0.886. The zero-order chi connectivity index (χ0) is 25.8. The van der Waals surface area contributed by atoms with Crippen LogP contribution in [0.1, 0.15) is 23.5 Å². The zero-order valence-corrected chi connectivity index (χ0v) is 20.5. The molecule has 1 saturated heterocycles. The van der Waals surface area contributed by atoms with E-state index in [0.717, 1.165) is 0 Å². The molecule has 1 aliphatic carbocycles. The number of aliphatic hydroxyl groups is 3. The minimum atomic E-state index is -1.16. The maximum atomic E-state index is 13.5. The van der Waals surface area contributed by atoms with Crippen molar-refractivity contribution in [3.63, 3.8) is 0 Å². The molecule has 3 aliphatic rings. The number of ether oxygens (including phenoxy) is 4. The van der Waals surface area contributed by atoms with Gasteiger partial charge in [0.2, 0.25) is 11.8 Å². The average Bonchev–Trinajstić information content (AvgIpc) is 3.56. The second kappa shape index (κ2) is 11.6. The average molecular weight is 507 g/mol. The lowest BCUT2D eigenvalue weighted by atomic mass is 9.77. The normalized spacial score (nSPS) is 26.5. The van der Waals surface area contributed by atoms with Crippen molar-refractivity contribution >= 4 is 11.8 Å². The molecule has 4 rings (SSSR count). The molecule has 0 saturated carbocycles. The standard InChI is InChI=1S/C25H34N2O9/c1-33-8-5-27(25(32)15-3-7-35-13-15)18-11-17(24(31)26-4-6-28)20-16-9-14(12-29)10-19(34-2)22(16)36-23(20)21(18)30/h9-11,15,18,20-21,23,28-30H,3-8,12-13H2,1-2H3,(H,26,31)/t15?,18-,20+,21+,23+/m1/s1. The van der Waals surface area contributed by atoms with Crippen LogP contribution in [0.5, 0.6) is 11.5 Å². The fourth-order valence-electron chi connectivity index (χ4n) is 5.18. The monoisotopic (exact) mass is 506 g/mol. The Bertz CT molecular complexity index is 992. The second-order valence-electron chi connectivity index (χ2n) is 9.10. The third-order valence-corrected chi connectivity index (χ3v) is 6.95. The molecule has 0 spiro atoms. The molecule has 11 heteroatoms. The maximum Gasteiger partial charge on any atom is 0.247 e. The van der Waals surface area contributed by atoms with Crippen LogP contribution in [0.25, 0.3) is 0 Å². The first-order valence-electron chi connectivity index (χ1n) is 12.1. The molecule has 1 unspecified atom stereocenters. The van der Waals surface area contributed by atoms with Crippen molar-refractivity contribution in [1.82, 2.24) is 10.2 Å². The number of rotatable bonds is 10. The second-order valence-corrected chi connectivity index (χ2v) is 9.10. The number of aliphatic hydroxyl groups excluding tert-OH is 3. The minimum absolute atomic E-state index is 0.0419. The molecular weight excluding hydrogens is 472 g/mol. The van der Waals surface area contributed by atoms with Crippen LogP contribution >= 0.6 is 0 Å². The summed E-state index contributed by atoms with van der Waals surface area (Å²) < 4.78 is 22.3. The van der Waals surface area contributed by atoms with Gasteiger partial charge in [0, 0.05) is 37.9 Å². The molecule has 198 valence electrons. The summed E-state index contributed by atoms with van der Waals surface area (Å²) in [5.41, 5.74) is 1.47. The van der Waals surface area contributed by atoms with Gasteiger partial charge in [-0.2, -0.15) is 0 Å². The van der Waals surface area contributed by atoms with Crippen LogP contribution in [-0.4, -0.2) is 104 Å². The summed E-state index contributed by atoms with van der Waals surface area (Å²) in [6.45, 7) is 0.791. The molecule has 2 aliphatic heterocycles. The molecule has 2 amide bonds. The first-order valence-corrected chi connectivity index (χ1v) is 12.1. The van der Waals surface area contributed by atoms with Gasteiger partial charge < -0.3 is 44.5 Å². The Morgan fingerprint density at radius 1 is 1.25 bits per heavy atom. The van der Waals surface area contributed by atoms with Crippen molar-refractivity contribution in [1.29, 1.82) is 0 Å². The molecule has 5 atom stereocenters. The number of nitrogens with one attached hydrogen (secondary N) is 1. The summed E-state index contributed by atoms with van der Waals surface area (Å²) in [6, 6.07) is 2.51. The molecule has 0 bridgehead atoms.